The number of carboxylic acids is 1. The van der Waals surface area contributed by atoms with Crippen LogP contribution in [0.2, 0.25) is 0 Å². The quantitative estimate of drug-likeness (QED) is 0.680. The van der Waals surface area contributed by atoms with Crippen molar-refractivity contribution in [2.24, 2.45) is 0 Å². The maximum atomic E-state index is 11.5. The molecule has 0 fully saturated rings. The lowest BCUT2D eigenvalue weighted by atomic mass is 10.3. The van der Waals surface area contributed by atoms with Crippen molar-refractivity contribution in [3.05, 3.63) is 16.1 Å². The molecule has 0 aliphatic carbocycles. The van der Waals surface area contributed by atoms with E-state index in [0.29, 0.717) is 29.8 Å². The number of thiazole rings is 1. The second-order valence-corrected chi connectivity index (χ2v) is 6.42. The van der Waals surface area contributed by atoms with Gasteiger partial charge in [0.2, 0.25) is 0 Å². The highest BCUT2D eigenvalue weighted by Gasteiger charge is 2.08. The molecule has 1 rings (SSSR count). The molecule has 0 aliphatic rings. The molecule has 6 nitrogen and oxygen atoms in total. The van der Waals surface area contributed by atoms with Crippen LogP contribution >= 0.6 is 23.1 Å². The average Bonchev–Trinajstić information content (AvgIpc) is 2.87. The van der Waals surface area contributed by atoms with Crippen LogP contribution in [-0.2, 0) is 6.42 Å². The fourth-order valence-electron chi connectivity index (χ4n) is 1.38. The number of aromatic nitrogens is 1. The second kappa shape index (κ2) is 8.80. The number of carbonyl (C=O) groups is 2. The van der Waals surface area contributed by atoms with Gasteiger partial charge >= 0.3 is 12.0 Å². The van der Waals surface area contributed by atoms with E-state index in [4.69, 9.17) is 5.11 Å². The molecule has 1 aromatic heterocycles. The molecule has 0 saturated heterocycles. The molecular weight excluding hydrogens is 298 g/mol. The average molecular weight is 317 g/mol. The number of hydrogen-bond donors (Lipinski definition) is 3. The van der Waals surface area contributed by atoms with Gasteiger partial charge in [0.1, 0.15) is 0 Å². The van der Waals surface area contributed by atoms with Gasteiger partial charge in [-0.1, -0.05) is 6.92 Å². The van der Waals surface area contributed by atoms with Crippen molar-refractivity contribution < 1.29 is 14.7 Å². The first kappa shape index (κ1) is 16.8. The molecule has 1 aromatic rings. The summed E-state index contributed by atoms with van der Waals surface area (Å²) in [4.78, 5) is 26.1. The summed E-state index contributed by atoms with van der Waals surface area (Å²) in [6.45, 7) is 3.21. The highest BCUT2D eigenvalue weighted by molar-refractivity contribution is 7.99. The number of aromatic carboxylic acids is 1. The second-order valence-electron chi connectivity index (χ2n) is 4.20. The minimum atomic E-state index is -1.03. The van der Waals surface area contributed by atoms with Crippen LogP contribution in [-0.4, -0.2) is 46.7 Å². The monoisotopic (exact) mass is 317 g/mol. The predicted molar refractivity (Wildman–Crippen MR) is 81.8 cm³/mol. The van der Waals surface area contributed by atoms with Crippen LogP contribution in [0.4, 0.5) is 4.79 Å². The van der Waals surface area contributed by atoms with E-state index in [0.717, 1.165) is 6.42 Å². The van der Waals surface area contributed by atoms with Crippen LogP contribution in [0.1, 0.15) is 28.8 Å². The molecule has 0 spiro atoms. The van der Waals surface area contributed by atoms with Crippen molar-refractivity contribution in [3.63, 3.8) is 0 Å². The van der Waals surface area contributed by atoms with Crippen LogP contribution < -0.4 is 10.6 Å². The summed E-state index contributed by atoms with van der Waals surface area (Å²) in [6, 6.07) is -0.201. The summed E-state index contributed by atoms with van der Waals surface area (Å²) >= 11 is 3.06. The maximum Gasteiger partial charge on any atom is 0.355 e. The number of nitrogens with one attached hydrogen (secondary N) is 2. The van der Waals surface area contributed by atoms with Crippen molar-refractivity contribution in [3.8, 4) is 0 Å². The Morgan fingerprint density at radius 1 is 1.45 bits per heavy atom. The van der Waals surface area contributed by atoms with Crippen LogP contribution in [0.15, 0.2) is 5.38 Å². The van der Waals surface area contributed by atoms with Crippen molar-refractivity contribution in [2.45, 2.75) is 25.0 Å². The first-order valence-corrected chi connectivity index (χ1v) is 8.42. The fraction of sp³-hybridized carbons (Fsp3) is 0.583. The topological polar surface area (TPSA) is 91.3 Å². The fourth-order valence-corrected chi connectivity index (χ4v) is 2.50. The summed E-state index contributed by atoms with van der Waals surface area (Å²) in [7, 11) is 0. The van der Waals surface area contributed by atoms with Gasteiger partial charge in [-0.2, -0.15) is 11.8 Å². The number of urea groups is 1. The summed E-state index contributed by atoms with van der Waals surface area (Å²) < 4.78 is 0. The van der Waals surface area contributed by atoms with E-state index in [-0.39, 0.29) is 11.7 Å². The number of amides is 2. The van der Waals surface area contributed by atoms with E-state index < -0.39 is 5.97 Å². The van der Waals surface area contributed by atoms with Crippen molar-refractivity contribution >= 4 is 35.1 Å². The Kier molecular flexibility index (Phi) is 7.38. The third-order valence-electron chi connectivity index (χ3n) is 2.63. The normalized spacial score (nSPS) is 11.9. The molecule has 2 amide bonds. The standard InChI is InChI=1S/C12H19N3O3S2/c1-8(19-2)3-5-13-12(18)14-6-4-10-15-9(7-20-10)11(16)17/h7-8H,3-6H2,1-2H3,(H,16,17)(H2,13,14,18). The van der Waals surface area contributed by atoms with Crippen molar-refractivity contribution in [2.75, 3.05) is 19.3 Å². The van der Waals surface area contributed by atoms with E-state index in [1.165, 1.54) is 16.7 Å². The van der Waals surface area contributed by atoms with Crippen LogP contribution in [0.5, 0.6) is 0 Å². The third kappa shape index (κ3) is 6.25. The Morgan fingerprint density at radius 3 is 2.75 bits per heavy atom. The molecule has 0 aromatic carbocycles. The molecule has 112 valence electrons. The lowest BCUT2D eigenvalue weighted by molar-refractivity contribution is 0.0691. The maximum absolute atomic E-state index is 11.5. The predicted octanol–water partition coefficient (Wildman–Crippen LogP) is 1.82. The van der Waals surface area contributed by atoms with Crippen LogP contribution in [0.25, 0.3) is 0 Å². The summed E-state index contributed by atoms with van der Waals surface area (Å²) in [5.41, 5.74) is 0.0560. The van der Waals surface area contributed by atoms with E-state index in [1.54, 1.807) is 11.8 Å². The molecule has 0 aliphatic heterocycles. The molecule has 0 radical (unpaired) electrons. The van der Waals surface area contributed by atoms with Gasteiger partial charge in [-0.15, -0.1) is 11.3 Å². The van der Waals surface area contributed by atoms with Gasteiger partial charge in [-0.05, 0) is 12.7 Å². The molecule has 1 heterocycles. The number of nitrogens with zero attached hydrogens (tertiary/aromatic N) is 1. The van der Waals surface area contributed by atoms with E-state index in [1.807, 2.05) is 6.26 Å². The van der Waals surface area contributed by atoms with E-state index in [2.05, 4.69) is 22.5 Å². The largest absolute Gasteiger partial charge is 0.476 e. The van der Waals surface area contributed by atoms with Gasteiger partial charge in [0.05, 0.1) is 5.01 Å². The first-order chi connectivity index (χ1) is 9.52. The Morgan fingerprint density at radius 2 is 2.15 bits per heavy atom. The number of carboxylic acid groups (broad SMARTS) is 1. The lowest BCUT2D eigenvalue weighted by Gasteiger charge is -2.09. The van der Waals surface area contributed by atoms with Gasteiger partial charge in [-0.25, -0.2) is 14.6 Å². The van der Waals surface area contributed by atoms with Crippen molar-refractivity contribution in [1.82, 2.24) is 15.6 Å². The highest BCUT2D eigenvalue weighted by Crippen LogP contribution is 2.10. The Hall–Kier alpha value is -1.28. The van der Waals surface area contributed by atoms with E-state index in [9.17, 15) is 9.59 Å². The minimum absolute atomic E-state index is 0.0560. The third-order valence-corrected chi connectivity index (χ3v) is 4.58. The summed E-state index contributed by atoms with van der Waals surface area (Å²) in [6.07, 6.45) is 3.51. The number of hydrogen-bond acceptors (Lipinski definition) is 5. The Bertz CT molecular complexity index is 451. The summed E-state index contributed by atoms with van der Waals surface area (Å²) in [5, 5.41) is 17.0. The number of carbonyl (C=O) groups excluding carboxylic acids is 1. The molecule has 0 bridgehead atoms. The number of rotatable bonds is 8. The molecule has 1 atom stereocenters. The molecule has 3 N–H and O–H groups in total. The Balaban J connectivity index is 2.16. The zero-order valence-electron chi connectivity index (χ0n) is 11.5. The summed E-state index contributed by atoms with van der Waals surface area (Å²) in [5.74, 6) is -1.03. The molecule has 20 heavy (non-hydrogen) atoms. The van der Waals surface area contributed by atoms with Gasteiger partial charge in [0.25, 0.3) is 0 Å². The van der Waals surface area contributed by atoms with Gasteiger partial charge < -0.3 is 15.7 Å². The first-order valence-electron chi connectivity index (χ1n) is 6.25. The van der Waals surface area contributed by atoms with Crippen LogP contribution in [0.3, 0.4) is 0 Å². The van der Waals surface area contributed by atoms with Gasteiger partial charge in [0, 0.05) is 30.1 Å². The van der Waals surface area contributed by atoms with Crippen molar-refractivity contribution in [1.29, 1.82) is 0 Å². The smallest absolute Gasteiger partial charge is 0.355 e. The molecule has 0 saturated carbocycles. The zero-order valence-corrected chi connectivity index (χ0v) is 13.1. The van der Waals surface area contributed by atoms with Gasteiger partial charge in [0.15, 0.2) is 5.69 Å². The van der Waals surface area contributed by atoms with E-state index >= 15 is 0 Å². The Labute approximate surface area is 126 Å². The zero-order chi connectivity index (χ0) is 15.0. The highest BCUT2D eigenvalue weighted by atomic mass is 32.2. The minimum Gasteiger partial charge on any atom is -0.476 e. The number of thioether (sulfide) groups is 1. The molecule has 1 unspecified atom stereocenters. The SMILES string of the molecule is CSC(C)CCNC(=O)NCCc1nc(C(=O)O)cs1. The molecule has 8 heteroatoms. The lowest BCUT2D eigenvalue weighted by Crippen LogP contribution is -2.37. The van der Waals surface area contributed by atoms with Crippen LogP contribution in [0, 0.1) is 0 Å². The van der Waals surface area contributed by atoms with Gasteiger partial charge in [-0.3, -0.25) is 0 Å². The molecular formula is C12H19N3O3S2.